The van der Waals surface area contributed by atoms with Crippen molar-refractivity contribution in [2.75, 3.05) is 0 Å². The van der Waals surface area contributed by atoms with E-state index in [0.29, 0.717) is 6.42 Å². The van der Waals surface area contributed by atoms with Crippen molar-refractivity contribution in [1.29, 1.82) is 0 Å². The number of aliphatic hydroxyl groups excluding tert-OH is 2. The van der Waals surface area contributed by atoms with Crippen molar-refractivity contribution in [1.82, 2.24) is 0 Å². The second kappa shape index (κ2) is 6.38. The van der Waals surface area contributed by atoms with Crippen LogP contribution in [0.15, 0.2) is 43.0 Å². The normalized spacial score (nSPS) is 14.5. The van der Waals surface area contributed by atoms with Gasteiger partial charge < -0.3 is 10.2 Å². The molecule has 82 valence electrons. The maximum atomic E-state index is 9.81. The second-order valence-electron chi connectivity index (χ2n) is 3.64. The van der Waals surface area contributed by atoms with Gasteiger partial charge in [0.05, 0.1) is 6.10 Å². The average Bonchev–Trinajstić information content (AvgIpc) is 2.29. The number of hydrogen-bond donors (Lipinski definition) is 2. The third-order valence-corrected chi connectivity index (χ3v) is 2.41. The summed E-state index contributed by atoms with van der Waals surface area (Å²) in [7, 11) is 0. The molecule has 2 unspecified atom stereocenters. The van der Waals surface area contributed by atoms with Gasteiger partial charge in [-0.25, -0.2) is 0 Å². The van der Waals surface area contributed by atoms with Crippen molar-refractivity contribution in [3.63, 3.8) is 0 Å². The molecule has 2 atom stereocenters. The number of rotatable bonds is 6. The van der Waals surface area contributed by atoms with Gasteiger partial charge in [0.15, 0.2) is 0 Å². The highest BCUT2D eigenvalue weighted by molar-refractivity contribution is 5.18. The van der Waals surface area contributed by atoms with Crippen molar-refractivity contribution in [2.45, 2.75) is 31.5 Å². The molecule has 1 rings (SSSR count). The molecule has 0 aliphatic heterocycles. The van der Waals surface area contributed by atoms with E-state index in [2.05, 4.69) is 6.58 Å². The molecule has 2 N–H and O–H groups in total. The van der Waals surface area contributed by atoms with E-state index < -0.39 is 12.2 Å². The van der Waals surface area contributed by atoms with Crippen molar-refractivity contribution in [3.05, 3.63) is 48.6 Å². The zero-order chi connectivity index (χ0) is 11.1. The Bertz CT molecular complexity index is 282. The smallest absolute Gasteiger partial charge is 0.105 e. The second-order valence-corrected chi connectivity index (χ2v) is 3.64. The molecule has 0 aliphatic rings. The van der Waals surface area contributed by atoms with Crippen molar-refractivity contribution < 1.29 is 10.2 Å². The van der Waals surface area contributed by atoms with Gasteiger partial charge in [-0.05, 0) is 24.8 Å². The van der Waals surface area contributed by atoms with Crippen LogP contribution in [0.5, 0.6) is 0 Å². The van der Waals surface area contributed by atoms with Crippen molar-refractivity contribution >= 4 is 0 Å². The van der Waals surface area contributed by atoms with E-state index in [0.717, 1.165) is 18.4 Å². The maximum absolute atomic E-state index is 9.81. The molecule has 2 heteroatoms. The Kier molecular flexibility index (Phi) is 5.08. The van der Waals surface area contributed by atoms with Gasteiger partial charge in [-0.1, -0.05) is 36.4 Å². The van der Waals surface area contributed by atoms with E-state index in [1.165, 1.54) is 0 Å². The first-order chi connectivity index (χ1) is 7.25. The van der Waals surface area contributed by atoms with Gasteiger partial charge >= 0.3 is 0 Å². The SMILES string of the molecule is C=CCCCC(O)C(O)c1ccccc1. The van der Waals surface area contributed by atoms with E-state index in [1.807, 2.05) is 36.4 Å². The molecule has 0 radical (unpaired) electrons. The zero-order valence-electron chi connectivity index (χ0n) is 8.84. The van der Waals surface area contributed by atoms with E-state index in [9.17, 15) is 10.2 Å². The number of benzene rings is 1. The van der Waals surface area contributed by atoms with Crippen LogP contribution < -0.4 is 0 Å². The predicted molar refractivity (Wildman–Crippen MR) is 61.5 cm³/mol. The molecule has 15 heavy (non-hydrogen) atoms. The summed E-state index contributed by atoms with van der Waals surface area (Å²) in [6, 6.07) is 9.24. The van der Waals surface area contributed by atoms with E-state index >= 15 is 0 Å². The van der Waals surface area contributed by atoms with Crippen LogP contribution in [0, 0.1) is 0 Å². The third kappa shape index (κ3) is 3.86. The molecular formula is C13H18O2. The molecule has 1 aromatic carbocycles. The Hall–Kier alpha value is -1.12. The molecule has 0 saturated carbocycles. The topological polar surface area (TPSA) is 40.5 Å². The summed E-state index contributed by atoms with van der Waals surface area (Å²) in [6.45, 7) is 3.62. The molecule has 1 aromatic rings. The van der Waals surface area contributed by atoms with Crippen molar-refractivity contribution in [3.8, 4) is 0 Å². The highest BCUT2D eigenvalue weighted by Gasteiger charge is 2.16. The molecule has 0 heterocycles. The summed E-state index contributed by atoms with van der Waals surface area (Å²) in [5.41, 5.74) is 0.767. The first-order valence-electron chi connectivity index (χ1n) is 5.27. The van der Waals surface area contributed by atoms with E-state index in [-0.39, 0.29) is 0 Å². The highest BCUT2D eigenvalue weighted by Crippen LogP contribution is 2.19. The quantitative estimate of drug-likeness (QED) is 0.554. The van der Waals surface area contributed by atoms with Crippen LogP contribution in [0.2, 0.25) is 0 Å². The average molecular weight is 206 g/mol. The largest absolute Gasteiger partial charge is 0.390 e. The Morgan fingerprint density at radius 2 is 1.87 bits per heavy atom. The molecule has 0 aromatic heterocycles. The van der Waals surface area contributed by atoms with Crippen LogP contribution in [-0.4, -0.2) is 16.3 Å². The molecule has 0 amide bonds. The lowest BCUT2D eigenvalue weighted by Gasteiger charge is -2.17. The minimum Gasteiger partial charge on any atom is -0.390 e. The number of allylic oxidation sites excluding steroid dienone is 1. The molecular weight excluding hydrogens is 188 g/mol. The van der Waals surface area contributed by atoms with Crippen LogP contribution in [-0.2, 0) is 0 Å². The van der Waals surface area contributed by atoms with E-state index in [1.54, 1.807) is 0 Å². The minimum absolute atomic E-state index is 0.599. The first-order valence-corrected chi connectivity index (χ1v) is 5.27. The summed E-state index contributed by atoms with van der Waals surface area (Å²) in [5.74, 6) is 0. The van der Waals surface area contributed by atoms with E-state index in [4.69, 9.17) is 0 Å². The van der Waals surface area contributed by atoms with Gasteiger partial charge in [0.2, 0.25) is 0 Å². The Morgan fingerprint density at radius 1 is 1.20 bits per heavy atom. The van der Waals surface area contributed by atoms with Gasteiger partial charge in [-0.15, -0.1) is 6.58 Å². The summed E-state index contributed by atoms with van der Waals surface area (Å²) >= 11 is 0. The first kappa shape index (κ1) is 12.0. The van der Waals surface area contributed by atoms with Crippen LogP contribution in [0.4, 0.5) is 0 Å². The van der Waals surface area contributed by atoms with Crippen LogP contribution in [0.3, 0.4) is 0 Å². The zero-order valence-corrected chi connectivity index (χ0v) is 8.84. The van der Waals surface area contributed by atoms with Gasteiger partial charge in [0.25, 0.3) is 0 Å². The summed E-state index contributed by atoms with van der Waals surface area (Å²) < 4.78 is 0. The molecule has 0 aliphatic carbocycles. The monoisotopic (exact) mass is 206 g/mol. The summed E-state index contributed by atoms with van der Waals surface area (Å²) in [4.78, 5) is 0. The predicted octanol–water partition coefficient (Wildman–Crippen LogP) is 2.44. The van der Waals surface area contributed by atoms with Gasteiger partial charge in [-0.3, -0.25) is 0 Å². The fourth-order valence-electron chi connectivity index (χ4n) is 1.50. The highest BCUT2D eigenvalue weighted by atomic mass is 16.3. The van der Waals surface area contributed by atoms with Crippen molar-refractivity contribution in [2.24, 2.45) is 0 Å². The van der Waals surface area contributed by atoms with Crippen LogP contribution in [0.1, 0.15) is 30.9 Å². The lowest BCUT2D eigenvalue weighted by atomic mass is 10.0. The molecule has 0 fully saturated rings. The van der Waals surface area contributed by atoms with Crippen LogP contribution in [0.25, 0.3) is 0 Å². The van der Waals surface area contributed by atoms with Gasteiger partial charge in [0, 0.05) is 0 Å². The Morgan fingerprint density at radius 3 is 2.47 bits per heavy atom. The molecule has 0 spiro atoms. The molecule has 0 saturated heterocycles. The minimum atomic E-state index is -0.781. The lowest BCUT2D eigenvalue weighted by molar-refractivity contribution is 0.0125. The number of hydrogen-bond acceptors (Lipinski definition) is 2. The fourth-order valence-corrected chi connectivity index (χ4v) is 1.50. The standard InChI is InChI=1S/C13H18O2/c1-2-3-5-10-12(14)13(15)11-8-6-4-7-9-11/h2,4,6-9,12-15H,1,3,5,10H2. The van der Waals surface area contributed by atoms with Gasteiger partial charge in [0.1, 0.15) is 6.10 Å². The number of unbranched alkanes of at least 4 members (excludes halogenated alkanes) is 1. The third-order valence-electron chi connectivity index (χ3n) is 2.41. The molecule has 2 nitrogen and oxygen atoms in total. The number of aliphatic hydroxyl groups is 2. The summed E-state index contributed by atoms with van der Waals surface area (Å²) in [6.07, 6.45) is 2.68. The van der Waals surface area contributed by atoms with Gasteiger partial charge in [-0.2, -0.15) is 0 Å². The molecule has 0 bridgehead atoms. The Labute approximate surface area is 90.9 Å². The summed E-state index contributed by atoms with van der Waals surface area (Å²) in [5, 5.41) is 19.5. The lowest BCUT2D eigenvalue weighted by Crippen LogP contribution is -2.17. The fraction of sp³-hybridized carbons (Fsp3) is 0.385. The maximum Gasteiger partial charge on any atom is 0.105 e. The van der Waals surface area contributed by atoms with Crippen LogP contribution >= 0.6 is 0 Å². The Balaban J connectivity index is 2.45.